The molecule has 3 amide bonds. The number of unbranched alkanes of at least 4 members (excludes halogenated alkanes) is 2. The summed E-state index contributed by atoms with van der Waals surface area (Å²) < 4.78 is 34.4. The first kappa shape index (κ1) is 22.4. The number of nitrogens with one attached hydrogen (secondary N) is 2. The van der Waals surface area contributed by atoms with Gasteiger partial charge in [0.15, 0.2) is 11.6 Å². The van der Waals surface area contributed by atoms with Crippen LogP contribution in [0.3, 0.4) is 0 Å². The van der Waals surface area contributed by atoms with E-state index >= 15 is 0 Å². The fourth-order valence-corrected chi connectivity index (χ4v) is 3.93. The van der Waals surface area contributed by atoms with Crippen molar-refractivity contribution in [1.29, 1.82) is 0 Å². The maximum absolute atomic E-state index is 13.8. The van der Waals surface area contributed by atoms with E-state index in [2.05, 4.69) is 10.0 Å². The summed E-state index contributed by atoms with van der Waals surface area (Å²) in [6, 6.07) is 4.12. The number of hydrogen-bond acceptors (Lipinski definition) is 5. The van der Waals surface area contributed by atoms with Gasteiger partial charge >= 0.3 is 6.03 Å². The van der Waals surface area contributed by atoms with Gasteiger partial charge in [0.05, 0.1) is 12.6 Å². The molecule has 1 aromatic carbocycles. The molecule has 2 N–H and O–H groups in total. The summed E-state index contributed by atoms with van der Waals surface area (Å²) in [6.07, 6.45) is 3.10. The summed E-state index contributed by atoms with van der Waals surface area (Å²) in [5.41, 5.74) is 0.811. The van der Waals surface area contributed by atoms with Crippen LogP contribution in [0.5, 0.6) is 5.75 Å². The molecule has 0 spiro atoms. The average Bonchev–Trinajstić information content (AvgIpc) is 2.97. The summed E-state index contributed by atoms with van der Waals surface area (Å²) in [5, 5.41) is 2.24. The number of carbonyl (C=O) groups is 2. The normalized spacial score (nSPS) is 16.2. The number of urea groups is 1. The molecule has 28 heavy (non-hydrogen) atoms. The molecule has 0 bridgehead atoms. The number of hydrogen-bond donors (Lipinski definition) is 2. The van der Waals surface area contributed by atoms with Gasteiger partial charge in [0.25, 0.3) is 0 Å². The molecule has 2 atom stereocenters. The minimum absolute atomic E-state index is 0.117. The highest BCUT2D eigenvalue weighted by molar-refractivity contribution is 7.89. The van der Waals surface area contributed by atoms with Gasteiger partial charge < -0.3 is 14.2 Å². The molecule has 2 rings (SSSR count). The first-order valence-electron chi connectivity index (χ1n) is 9.56. The molecule has 1 unspecified atom stereocenters. The maximum Gasteiger partial charge on any atom is 0.324 e. The molecule has 0 aliphatic carbocycles. The lowest BCUT2D eigenvalue weighted by Gasteiger charge is -2.18. The third kappa shape index (κ3) is 6.96. The number of benzene rings is 1. The predicted molar refractivity (Wildman–Crippen MR) is 106 cm³/mol. The van der Waals surface area contributed by atoms with Crippen LogP contribution in [0.1, 0.15) is 51.1 Å². The summed E-state index contributed by atoms with van der Waals surface area (Å²) in [7, 11) is 0. The van der Waals surface area contributed by atoms with Crippen LogP contribution in [0.15, 0.2) is 18.2 Å². The van der Waals surface area contributed by atoms with Gasteiger partial charge in [0, 0.05) is 17.9 Å². The minimum Gasteiger partial charge on any atom is -0.598 e. The van der Waals surface area contributed by atoms with Crippen LogP contribution in [-0.2, 0) is 16.2 Å². The lowest BCUT2D eigenvalue weighted by atomic mass is 10.1. The Kier molecular flexibility index (Phi) is 9.01. The van der Waals surface area contributed by atoms with E-state index in [4.69, 9.17) is 4.74 Å². The number of ether oxygens (including phenoxy) is 1. The molecule has 7 nitrogen and oxygen atoms in total. The highest BCUT2D eigenvalue weighted by Gasteiger charge is 2.25. The van der Waals surface area contributed by atoms with Gasteiger partial charge in [-0.05, 0) is 50.3 Å². The second-order valence-corrected chi connectivity index (χ2v) is 8.10. The van der Waals surface area contributed by atoms with Crippen molar-refractivity contribution in [2.45, 2.75) is 45.6 Å². The maximum atomic E-state index is 13.8. The number of nitrogens with zero attached hydrogens (tertiary/aromatic N) is 1. The number of amides is 3. The quantitative estimate of drug-likeness (QED) is 0.312. The zero-order valence-corrected chi connectivity index (χ0v) is 17.1. The molecule has 1 heterocycles. The fourth-order valence-electron chi connectivity index (χ4n) is 2.81. The van der Waals surface area contributed by atoms with Gasteiger partial charge in [-0.2, -0.15) is 0 Å². The van der Waals surface area contributed by atoms with E-state index in [1.54, 1.807) is 12.1 Å². The molecule has 1 aliphatic rings. The van der Waals surface area contributed by atoms with Crippen molar-refractivity contribution >= 4 is 23.3 Å². The molecular formula is C19H28FN3O4S. The smallest absolute Gasteiger partial charge is 0.324 e. The molecule has 0 aromatic heterocycles. The summed E-state index contributed by atoms with van der Waals surface area (Å²) in [5.74, 6) is 0.0195. The van der Waals surface area contributed by atoms with E-state index in [0.29, 0.717) is 18.9 Å². The Hall–Kier alpha value is -1.84. The van der Waals surface area contributed by atoms with Gasteiger partial charge in [0.1, 0.15) is 12.3 Å². The first-order valence-corrected chi connectivity index (χ1v) is 10.9. The van der Waals surface area contributed by atoms with Crippen molar-refractivity contribution in [2.24, 2.45) is 0 Å². The van der Waals surface area contributed by atoms with E-state index in [0.717, 1.165) is 31.2 Å². The van der Waals surface area contributed by atoms with Gasteiger partial charge in [-0.15, -0.1) is 4.72 Å². The lowest BCUT2D eigenvalue weighted by Crippen LogP contribution is -2.30. The lowest BCUT2D eigenvalue weighted by molar-refractivity contribution is -0.118. The fraction of sp³-hybridized carbons (Fsp3) is 0.579. The zero-order valence-electron chi connectivity index (χ0n) is 16.3. The van der Waals surface area contributed by atoms with Crippen molar-refractivity contribution in [2.75, 3.05) is 25.4 Å². The van der Waals surface area contributed by atoms with Crippen LogP contribution < -0.4 is 14.8 Å². The summed E-state index contributed by atoms with van der Waals surface area (Å²) in [4.78, 5) is 24.0. The van der Waals surface area contributed by atoms with Crippen LogP contribution >= 0.6 is 0 Å². The topological polar surface area (TPSA) is 93.7 Å². The van der Waals surface area contributed by atoms with Crippen LogP contribution in [0, 0.1) is 5.82 Å². The number of rotatable bonds is 12. The highest BCUT2D eigenvalue weighted by atomic mass is 32.2. The monoisotopic (exact) mass is 413 g/mol. The van der Waals surface area contributed by atoms with E-state index < -0.39 is 17.2 Å². The Morgan fingerprint density at radius 2 is 2.14 bits per heavy atom. The van der Waals surface area contributed by atoms with Crippen molar-refractivity contribution < 1.29 is 23.3 Å². The molecule has 9 heteroatoms. The van der Waals surface area contributed by atoms with E-state index in [-0.39, 0.29) is 30.3 Å². The SMILES string of the molecule is CCCOc1cc([C@H](C)N[S+]([O-])CCCCCN2CC(=O)NC2=O)ccc1F. The van der Waals surface area contributed by atoms with Gasteiger partial charge in [0.2, 0.25) is 5.91 Å². The number of carbonyl (C=O) groups excluding carboxylic acids is 2. The Morgan fingerprint density at radius 1 is 1.36 bits per heavy atom. The largest absolute Gasteiger partial charge is 0.598 e. The van der Waals surface area contributed by atoms with Crippen molar-refractivity contribution in [3.05, 3.63) is 29.6 Å². The highest BCUT2D eigenvalue weighted by Crippen LogP contribution is 2.23. The van der Waals surface area contributed by atoms with Crippen molar-refractivity contribution in [1.82, 2.24) is 14.9 Å². The molecule has 1 saturated heterocycles. The van der Waals surface area contributed by atoms with Crippen LogP contribution in [0.4, 0.5) is 9.18 Å². The standard InChI is InChI=1S/C19H28FN3O4S/c1-3-10-27-17-12-15(7-8-16(17)20)14(2)22-28(26)11-6-4-5-9-23-13-18(24)21-19(23)25/h7-8,12,14,22H,3-6,9-11,13H2,1-2H3,(H,21,24,25)/t14-,28?/m0/s1. The Morgan fingerprint density at radius 3 is 2.82 bits per heavy atom. The summed E-state index contributed by atoms with van der Waals surface area (Å²) >= 11 is -1.22. The van der Waals surface area contributed by atoms with Gasteiger partial charge in [-0.25, -0.2) is 9.18 Å². The van der Waals surface area contributed by atoms with Crippen LogP contribution in [0.25, 0.3) is 0 Å². The second-order valence-electron chi connectivity index (χ2n) is 6.76. The minimum atomic E-state index is -1.22. The molecule has 0 saturated carbocycles. The molecule has 0 radical (unpaired) electrons. The predicted octanol–water partition coefficient (Wildman–Crippen LogP) is 2.65. The first-order chi connectivity index (χ1) is 13.4. The van der Waals surface area contributed by atoms with Crippen molar-refractivity contribution in [3.8, 4) is 5.75 Å². The average molecular weight is 414 g/mol. The van der Waals surface area contributed by atoms with Crippen molar-refractivity contribution in [3.63, 3.8) is 0 Å². The third-order valence-corrected chi connectivity index (χ3v) is 5.63. The molecular weight excluding hydrogens is 385 g/mol. The zero-order chi connectivity index (χ0) is 20.5. The number of halogens is 1. The molecule has 1 fully saturated rings. The third-order valence-electron chi connectivity index (χ3n) is 4.35. The Bertz CT molecular complexity index is 677. The molecule has 1 aromatic rings. The number of imide groups is 1. The van der Waals surface area contributed by atoms with E-state index in [1.807, 2.05) is 13.8 Å². The molecule has 1 aliphatic heterocycles. The molecule has 156 valence electrons. The van der Waals surface area contributed by atoms with Gasteiger partial charge in [-0.3, -0.25) is 10.1 Å². The van der Waals surface area contributed by atoms with E-state index in [1.165, 1.54) is 11.0 Å². The van der Waals surface area contributed by atoms with Crippen LogP contribution in [0.2, 0.25) is 0 Å². The van der Waals surface area contributed by atoms with Gasteiger partial charge in [-0.1, -0.05) is 13.0 Å². The van der Waals surface area contributed by atoms with Crippen LogP contribution in [-0.4, -0.2) is 46.8 Å². The second kappa shape index (κ2) is 11.2. The Labute approximate surface area is 168 Å². The summed E-state index contributed by atoms with van der Waals surface area (Å²) in [6.45, 7) is 4.91. The Balaban J connectivity index is 1.68. The van der Waals surface area contributed by atoms with E-state index in [9.17, 15) is 18.5 Å².